The second-order valence-electron chi connectivity index (χ2n) is 9.05. The van der Waals surface area contributed by atoms with Crippen LogP contribution >= 0.6 is 11.6 Å². The highest BCUT2D eigenvalue weighted by Gasteiger charge is 2.25. The van der Waals surface area contributed by atoms with Crippen molar-refractivity contribution in [1.82, 2.24) is 9.38 Å². The maximum absolute atomic E-state index is 10.2. The van der Waals surface area contributed by atoms with Crippen LogP contribution in [0.25, 0.3) is 16.7 Å². The van der Waals surface area contributed by atoms with Crippen molar-refractivity contribution in [3.63, 3.8) is 0 Å². The minimum absolute atomic E-state index is 0.223. The fourth-order valence-corrected chi connectivity index (χ4v) is 4.89. The number of aromatic nitrogens is 2. The van der Waals surface area contributed by atoms with Crippen molar-refractivity contribution in [2.45, 2.75) is 39.2 Å². The van der Waals surface area contributed by atoms with Gasteiger partial charge >= 0.3 is 0 Å². The van der Waals surface area contributed by atoms with E-state index < -0.39 is 0 Å². The molecule has 0 saturated heterocycles. The smallest absolute Gasteiger partial charge is 0.157 e. The summed E-state index contributed by atoms with van der Waals surface area (Å²) in [5.74, 6) is 2.05. The van der Waals surface area contributed by atoms with Gasteiger partial charge in [0.1, 0.15) is 17.6 Å². The van der Waals surface area contributed by atoms with Crippen molar-refractivity contribution in [3.8, 4) is 6.07 Å². The summed E-state index contributed by atoms with van der Waals surface area (Å²) in [7, 11) is 2.13. The molecule has 3 aromatic heterocycles. The van der Waals surface area contributed by atoms with E-state index in [4.69, 9.17) is 21.0 Å². The largest absolute Gasteiger partial charge is 0.469 e. The van der Waals surface area contributed by atoms with Crippen molar-refractivity contribution in [2.75, 3.05) is 11.9 Å². The lowest BCUT2D eigenvalue weighted by molar-refractivity contribution is 0.486. The van der Waals surface area contributed by atoms with Crippen LogP contribution in [0.1, 0.15) is 41.4 Å². The zero-order valence-corrected chi connectivity index (χ0v) is 20.9. The number of furan rings is 1. The van der Waals surface area contributed by atoms with Crippen molar-refractivity contribution < 1.29 is 4.42 Å². The van der Waals surface area contributed by atoms with Crippen LogP contribution in [0, 0.1) is 18.3 Å². The fraction of sp³-hybridized carbons (Fsp3) is 0.241. The Morgan fingerprint density at radius 2 is 1.89 bits per heavy atom. The number of halogens is 1. The van der Waals surface area contributed by atoms with E-state index in [9.17, 15) is 5.26 Å². The van der Waals surface area contributed by atoms with E-state index in [0.29, 0.717) is 22.7 Å². The molecule has 0 bridgehead atoms. The first kappa shape index (κ1) is 23.0. The first-order valence-electron chi connectivity index (χ1n) is 11.8. The van der Waals surface area contributed by atoms with Crippen molar-refractivity contribution in [1.29, 1.82) is 5.26 Å². The Balaban J connectivity index is 1.70. The van der Waals surface area contributed by atoms with Crippen molar-refractivity contribution >= 4 is 34.1 Å². The van der Waals surface area contributed by atoms with Gasteiger partial charge in [-0.2, -0.15) is 5.26 Å². The monoisotopic (exact) mass is 482 g/mol. The maximum Gasteiger partial charge on any atom is 0.157 e. The molecule has 1 atom stereocenters. The number of nitrogens with zero attached hydrogens (tertiary/aromatic N) is 4. The number of pyridine rings is 1. The Labute approximate surface area is 210 Å². The summed E-state index contributed by atoms with van der Waals surface area (Å²) in [6.07, 6.45) is 4.19. The molecule has 0 aliphatic heterocycles. The topological polar surface area (TPSA) is 57.5 Å². The first-order chi connectivity index (χ1) is 17.0. The summed E-state index contributed by atoms with van der Waals surface area (Å²) in [4.78, 5) is 7.20. The van der Waals surface area contributed by atoms with E-state index in [-0.39, 0.29) is 6.04 Å². The van der Waals surface area contributed by atoms with Gasteiger partial charge in [-0.05, 0) is 67.8 Å². The van der Waals surface area contributed by atoms with Crippen LogP contribution in [-0.2, 0) is 12.8 Å². The highest BCUT2D eigenvalue weighted by Crippen LogP contribution is 2.35. The van der Waals surface area contributed by atoms with E-state index in [0.717, 1.165) is 52.1 Å². The summed E-state index contributed by atoms with van der Waals surface area (Å²) >= 11 is 6.15. The third-order valence-electron chi connectivity index (χ3n) is 6.88. The van der Waals surface area contributed by atoms with Crippen molar-refractivity contribution in [3.05, 3.63) is 100.0 Å². The predicted molar refractivity (Wildman–Crippen MR) is 141 cm³/mol. The molecule has 0 saturated carbocycles. The lowest BCUT2D eigenvalue weighted by Crippen LogP contribution is -2.32. The van der Waals surface area contributed by atoms with Crippen LogP contribution in [0.5, 0.6) is 0 Å². The summed E-state index contributed by atoms with van der Waals surface area (Å²) in [5, 5.41) is 10.9. The van der Waals surface area contributed by atoms with Gasteiger partial charge in [-0.15, -0.1) is 0 Å². The van der Waals surface area contributed by atoms with Gasteiger partial charge in [0, 0.05) is 36.5 Å². The molecule has 5 nitrogen and oxygen atoms in total. The molecule has 0 amide bonds. The highest BCUT2D eigenvalue weighted by molar-refractivity contribution is 6.30. The molecule has 6 heteroatoms. The van der Waals surface area contributed by atoms with Gasteiger partial charge in [-0.1, -0.05) is 35.9 Å². The standard InChI is InChI=1S/C29H27ClN4O/c1-19(10-15-23-7-6-16-35-23)33(3)29-24(17-21-11-13-22(30)14-12-21)20(2)25(18-31)28-32-26-8-4-5-9-27(26)34(28)29/h4-9,11-14,16,19H,10,15,17H2,1-3H3. The predicted octanol–water partition coefficient (Wildman–Crippen LogP) is 6.96. The Morgan fingerprint density at radius 1 is 1.11 bits per heavy atom. The van der Waals surface area contributed by atoms with E-state index in [1.165, 1.54) is 0 Å². The van der Waals surface area contributed by atoms with Crippen molar-refractivity contribution in [2.24, 2.45) is 0 Å². The molecular formula is C29H27ClN4O. The molecule has 3 heterocycles. The van der Waals surface area contributed by atoms with E-state index in [1.54, 1.807) is 6.26 Å². The summed E-state index contributed by atoms with van der Waals surface area (Å²) in [6, 6.07) is 22.6. The Bertz CT molecular complexity index is 1530. The molecule has 2 aromatic carbocycles. The van der Waals surface area contributed by atoms with Gasteiger partial charge in [-0.25, -0.2) is 4.98 Å². The Kier molecular flexibility index (Phi) is 6.23. The maximum atomic E-state index is 10.2. The molecule has 5 rings (SSSR count). The molecule has 0 spiro atoms. The summed E-state index contributed by atoms with van der Waals surface area (Å²) in [6.45, 7) is 4.27. The number of anilines is 1. The first-order valence-corrected chi connectivity index (χ1v) is 12.2. The molecule has 0 aliphatic rings. The summed E-state index contributed by atoms with van der Waals surface area (Å²) in [5.41, 5.74) is 6.42. The second-order valence-corrected chi connectivity index (χ2v) is 9.49. The number of aryl methyl sites for hydroxylation is 1. The van der Waals surface area contributed by atoms with Crippen LogP contribution in [0.15, 0.2) is 71.3 Å². The molecule has 1 unspecified atom stereocenters. The molecule has 0 N–H and O–H groups in total. The lowest BCUT2D eigenvalue weighted by Gasteiger charge is -2.31. The van der Waals surface area contributed by atoms with Gasteiger partial charge in [0.2, 0.25) is 0 Å². The van der Waals surface area contributed by atoms with Crippen LogP contribution in [-0.4, -0.2) is 22.5 Å². The van der Waals surface area contributed by atoms with E-state index >= 15 is 0 Å². The third kappa shape index (κ3) is 4.26. The minimum atomic E-state index is 0.223. The van der Waals surface area contributed by atoms with Gasteiger partial charge in [0.25, 0.3) is 0 Å². The number of hydrogen-bond acceptors (Lipinski definition) is 4. The number of nitriles is 1. The highest BCUT2D eigenvalue weighted by atomic mass is 35.5. The van der Waals surface area contributed by atoms with Crippen LogP contribution in [0.2, 0.25) is 5.02 Å². The third-order valence-corrected chi connectivity index (χ3v) is 7.14. The second kappa shape index (κ2) is 9.48. The Morgan fingerprint density at radius 3 is 2.60 bits per heavy atom. The molecule has 35 heavy (non-hydrogen) atoms. The van der Waals surface area contributed by atoms with Gasteiger partial charge in [0.05, 0.1) is 22.9 Å². The lowest BCUT2D eigenvalue weighted by atomic mass is 9.97. The molecule has 176 valence electrons. The van der Waals surface area contributed by atoms with E-state index in [1.807, 2.05) is 61.5 Å². The molecular weight excluding hydrogens is 456 g/mol. The minimum Gasteiger partial charge on any atom is -0.469 e. The SMILES string of the molecule is Cc1c(Cc2ccc(Cl)cc2)c(N(C)C(C)CCc2ccco2)n2c(nc3ccccc32)c1C#N. The van der Waals surface area contributed by atoms with E-state index in [2.05, 4.69) is 35.4 Å². The fourth-order valence-electron chi connectivity index (χ4n) is 4.76. The molecule has 0 aliphatic carbocycles. The van der Waals surface area contributed by atoms with Gasteiger partial charge in [-0.3, -0.25) is 4.40 Å². The normalized spacial score (nSPS) is 12.2. The van der Waals surface area contributed by atoms with Crippen LogP contribution < -0.4 is 4.90 Å². The number of para-hydroxylation sites is 2. The average molecular weight is 483 g/mol. The molecule has 5 aromatic rings. The number of imidazole rings is 1. The number of fused-ring (bicyclic) bond motifs is 3. The number of benzene rings is 2. The number of rotatable bonds is 7. The van der Waals surface area contributed by atoms with Crippen LogP contribution in [0.4, 0.5) is 5.82 Å². The van der Waals surface area contributed by atoms with Gasteiger partial charge in [0.15, 0.2) is 5.65 Å². The zero-order valence-electron chi connectivity index (χ0n) is 20.1. The zero-order chi connectivity index (χ0) is 24.5. The summed E-state index contributed by atoms with van der Waals surface area (Å²) < 4.78 is 7.73. The quantitative estimate of drug-likeness (QED) is 0.251. The van der Waals surface area contributed by atoms with Gasteiger partial charge < -0.3 is 9.32 Å². The number of hydrogen-bond donors (Lipinski definition) is 0. The molecule has 0 fully saturated rings. The molecule has 0 radical (unpaired) electrons. The average Bonchev–Trinajstić information content (AvgIpc) is 3.52. The Hall–Kier alpha value is -3.75. The van der Waals surface area contributed by atoms with Crippen LogP contribution in [0.3, 0.4) is 0 Å².